The lowest BCUT2D eigenvalue weighted by Gasteiger charge is -2.12. The Kier molecular flexibility index (Phi) is 26.3. The molecule has 466 valence electrons. The van der Waals surface area contributed by atoms with Gasteiger partial charge in [0.05, 0.1) is 46.3 Å². The molecule has 0 bridgehead atoms. The Morgan fingerprint density at radius 1 is 0.476 bits per heavy atom. The van der Waals surface area contributed by atoms with Crippen molar-refractivity contribution in [2.75, 3.05) is 14.2 Å². The van der Waals surface area contributed by atoms with Crippen molar-refractivity contribution in [2.45, 2.75) is 249 Å². The molecule has 0 atom stereocenters. The Labute approximate surface area is 507 Å². The van der Waals surface area contributed by atoms with Crippen LogP contribution in [0.15, 0.2) is 98.4 Å². The maximum Gasteiger partial charge on any atom is 0.254 e. The van der Waals surface area contributed by atoms with E-state index in [1.807, 2.05) is 55.5 Å². The van der Waals surface area contributed by atoms with E-state index in [9.17, 15) is 0 Å². The summed E-state index contributed by atoms with van der Waals surface area (Å²) in [6.07, 6.45) is 5.60. The predicted molar refractivity (Wildman–Crippen MR) is 334 cm³/mol. The highest BCUT2D eigenvalue weighted by atomic mass is 35.5. The number of ether oxygens (including phenoxy) is 2. The van der Waals surface area contributed by atoms with Crippen LogP contribution in [0.2, 0.25) is 5.02 Å². The van der Waals surface area contributed by atoms with Crippen molar-refractivity contribution in [3.8, 4) is 17.2 Å². The zero-order valence-corrected chi connectivity index (χ0v) is 56.6. The topological polar surface area (TPSA) is 201 Å². The number of nitrogens with zero attached hydrogens (tertiary/aromatic N) is 7. The summed E-state index contributed by atoms with van der Waals surface area (Å²) in [5.41, 5.74) is 7.33. The van der Waals surface area contributed by atoms with E-state index in [1.54, 1.807) is 20.3 Å². The minimum atomic E-state index is -0.0109. The molecular weight excluding hydrogens is 1080 g/mol. The lowest BCUT2D eigenvalue weighted by atomic mass is 9.92. The molecule has 1 aliphatic carbocycles. The summed E-state index contributed by atoms with van der Waals surface area (Å²) in [4.78, 5) is 0. The van der Waals surface area contributed by atoms with Gasteiger partial charge in [0, 0.05) is 105 Å². The predicted octanol–water partition coefficient (Wildman–Crippen LogP) is 19.0. The monoisotopic (exact) mass is 1180 g/mol. The van der Waals surface area contributed by atoms with E-state index in [0.29, 0.717) is 23.4 Å². The van der Waals surface area contributed by atoms with Crippen LogP contribution in [0.25, 0.3) is 11.3 Å². The second-order valence-electron chi connectivity index (χ2n) is 28.3. The molecule has 0 N–H and O–H groups in total. The van der Waals surface area contributed by atoms with E-state index in [1.165, 1.54) is 12.8 Å². The first-order valence-corrected chi connectivity index (χ1v) is 29.6. The summed E-state index contributed by atoms with van der Waals surface area (Å²) in [5, 5.41) is 28.2. The third-order valence-corrected chi connectivity index (χ3v) is 12.9. The molecule has 7 heterocycles. The van der Waals surface area contributed by atoms with Crippen LogP contribution in [0.4, 0.5) is 0 Å². The lowest BCUT2D eigenvalue weighted by Crippen LogP contribution is -2.10. The molecule has 8 aromatic rings. The minimum Gasteiger partial charge on any atom is -0.479 e. The normalized spacial score (nSPS) is 12.8. The van der Waals surface area contributed by atoms with Crippen molar-refractivity contribution in [3.63, 3.8) is 0 Å². The Balaban J connectivity index is 0.000000258. The first kappa shape index (κ1) is 72.0. The summed E-state index contributed by atoms with van der Waals surface area (Å²) < 4.78 is 45.9. The van der Waals surface area contributed by atoms with Crippen LogP contribution in [0.5, 0.6) is 5.88 Å². The Morgan fingerprint density at radius 3 is 1.30 bits per heavy atom. The highest BCUT2D eigenvalue weighted by molar-refractivity contribution is 6.33. The number of hydrogen-bond donors (Lipinski definition) is 0. The van der Waals surface area contributed by atoms with Crippen LogP contribution in [-0.2, 0) is 62.1 Å². The van der Waals surface area contributed by atoms with Gasteiger partial charge in [0.1, 0.15) is 35.4 Å². The van der Waals surface area contributed by atoms with Gasteiger partial charge in [0.2, 0.25) is 0 Å². The van der Waals surface area contributed by atoms with Gasteiger partial charge in [-0.1, -0.05) is 214 Å². The average Bonchev–Trinajstić information content (AvgIpc) is 4.39. The second-order valence-corrected chi connectivity index (χ2v) is 28.7. The average molecular weight is 1190 g/mol. The van der Waals surface area contributed by atoms with Gasteiger partial charge in [0.15, 0.2) is 11.5 Å². The van der Waals surface area contributed by atoms with Crippen LogP contribution < -0.4 is 4.74 Å². The number of rotatable bonds is 8. The van der Waals surface area contributed by atoms with Crippen LogP contribution in [0.3, 0.4) is 0 Å². The SMILES string of the molecule is CC(C)(C)c1cc(-c2ccccc2Cl)on1.CC(C)(C)c1cc(C2CC2)on1.CCCc1cc(C(C)(C)C)no1.CCc1cc(C(C)(C)C)on1.COCc1cc(C(C)(C)C)no1.COc1cc(C(C)(C)C)on1.Cc1cc(C(C)(C)C)on1. The fourth-order valence-corrected chi connectivity index (χ4v) is 7.01. The summed E-state index contributed by atoms with van der Waals surface area (Å²) in [6, 6.07) is 21.4. The molecule has 17 heteroatoms. The zero-order valence-electron chi connectivity index (χ0n) is 55.9. The summed E-state index contributed by atoms with van der Waals surface area (Å²) in [5.74, 6) is 7.55. The van der Waals surface area contributed by atoms with Gasteiger partial charge >= 0.3 is 0 Å². The summed E-state index contributed by atoms with van der Waals surface area (Å²) in [7, 11) is 3.21. The fourth-order valence-electron chi connectivity index (χ4n) is 6.78. The van der Waals surface area contributed by atoms with Gasteiger partial charge in [-0.3, -0.25) is 0 Å². The molecule has 9 rings (SSSR count). The maximum absolute atomic E-state index is 6.09. The van der Waals surface area contributed by atoms with Gasteiger partial charge < -0.3 is 41.1 Å². The first-order chi connectivity index (χ1) is 38.7. The molecule has 84 heavy (non-hydrogen) atoms. The number of benzene rings is 1. The molecule has 16 nitrogen and oxygen atoms in total. The van der Waals surface area contributed by atoms with E-state index in [4.69, 9.17) is 52.7 Å². The molecule has 1 aromatic carbocycles. The quantitative estimate of drug-likeness (QED) is 0.139. The highest BCUT2D eigenvalue weighted by Crippen LogP contribution is 2.41. The number of methoxy groups -OCH3 is 2. The third-order valence-electron chi connectivity index (χ3n) is 12.6. The Hall–Kier alpha value is -6.26. The number of aryl methyl sites for hydroxylation is 3. The summed E-state index contributed by atoms with van der Waals surface area (Å²) in [6.45, 7) is 51.0. The number of hydrogen-bond acceptors (Lipinski definition) is 16. The van der Waals surface area contributed by atoms with Gasteiger partial charge in [-0.25, -0.2) is 0 Å². The van der Waals surface area contributed by atoms with E-state index in [-0.39, 0.29) is 37.9 Å². The van der Waals surface area contributed by atoms with Crippen molar-refractivity contribution < 1.29 is 41.1 Å². The van der Waals surface area contributed by atoms with Crippen LogP contribution in [0, 0.1) is 6.92 Å². The molecule has 0 spiro atoms. The highest BCUT2D eigenvalue weighted by Gasteiger charge is 2.30. The van der Waals surface area contributed by atoms with Crippen molar-refractivity contribution in [1.82, 2.24) is 36.1 Å². The zero-order chi connectivity index (χ0) is 63.6. The maximum atomic E-state index is 6.09. The fraction of sp³-hybridized carbons (Fsp3) is 0.597. The number of aromatic nitrogens is 7. The van der Waals surface area contributed by atoms with Gasteiger partial charge in [0.25, 0.3) is 5.88 Å². The molecule has 0 unspecified atom stereocenters. The van der Waals surface area contributed by atoms with Gasteiger partial charge in [-0.05, 0) is 49.9 Å². The van der Waals surface area contributed by atoms with Gasteiger partial charge in [-0.15, -0.1) is 0 Å². The summed E-state index contributed by atoms with van der Waals surface area (Å²) >= 11 is 6.09. The standard InChI is InChI=1S/C13H14ClNO.C10H15NO.C10H17NO.C9H15NO2.C9H15NO.C8H13NO2.C8H13NO/c1-13(2,3)12-8-11(16-15-12)9-6-4-5-7-10(9)14;1-10(2,3)9-6-8(12-11-9)7-4-5-7;1-5-6-8-7-9(11-12-8)10(2,3)4;1-9(2,3)8-5-7(6-11-4)12-10-8;1-5-7-6-8(11-10-7)9(2,3)4;1-8(2,3)6-5-7(10-4)9-11-6;1-6-5-7(10-9-6)8(2,3)4/h4-8H,1-3H3;6-7H,4-5H2,1-3H3;7H,5-6H2,1-4H3;5H,6H2,1-4H3;6H,5H2,1-4H3;5H,1-4H3;5H,1-4H3. The van der Waals surface area contributed by atoms with Crippen LogP contribution in [0.1, 0.15) is 253 Å². The molecular formula is C67H102ClN7O9. The molecule has 0 amide bonds. The van der Waals surface area contributed by atoms with Crippen molar-refractivity contribution >= 4 is 11.6 Å². The van der Waals surface area contributed by atoms with Crippen molar-refractivity contribution in [2.24, 2.45) is 0 Å². The van der Waals surface area contributed by atoms with Gasteiger partial charge in [-0.2, -0.15) is 0 Å². The van der Waals surface area contributed by atoms with Crippen LogP contribution >= 0.6 is 11.6 Å². The van der Waals surface area contributed by atoms with Crippen LogP contribution in [-0.4, -0.2) is 50.3 Å². The van der Waals surface area contributed by atoms with E-state index < -0.39 is 0 Å². The molecule has 1 aliphatic rings. The van der Waals surface area contributed by atoms with E-state index in [2.05, 4.69) is 207 Å². The smallest absolute Gasteiger partial charge is 0.254 e. The molecule has 1 fully saturated rings. The Morgan fingerprint density at radius 2 is 0.929 bits per heavy atom. The third kappa shape index (κ3) is 24.8. The second kappa shape index (κ2) is 30.7. The Bertz CT molecular complexity index is 3010. The number of halogens is 1. The molecule has 0 aliphatic heterocycles. The molecule has 7 aromatic heterocycles. The van der Waals surface area contributed by atoms with E-state index in [0.717, 1.165) is 99.3 Å². The first-order valence-electron chi connectivity index (χ1n) is 29.2. The lowest BCUT2D eigenvalue weighted by molar-refractivity contribution is 0.155. The van der Waals surface area contributed by atoms with Crippen molar-refractivity contribution in [3.05, 3.63) is 140 Å². The molecule has 0 radical (unpaired) electrons. The largest absolute Gasteiger partial charge is 0.479 e. The minimum absolute atomic E-state index is 0.00375. The molecule has 1 saturated carbocycles. The molecule has 0 saturated heterocycles. The van der Waals surface area contributed by atoms with E-state index >= 15 is 0 Å². The van der Waals surface area contributed by atoms with Crippen molar-refractivity contribution in [1.29, 1.82) is 0 Å².